The molecule has 0 atom stereocenters. The first-order chi connectivity index (χ1) is 7.98. The second kappa shape index (κ2) is 4.41. The summed E-state index contributed by atoms with van der Waals surface area (Å²) in [6.07, 6.45) is 0. The molecule has 0 unspecified atom stereocenters. The monoisotopic (exact) mass is 234 g/mol. The Bertz CT molecular complexity index is 408. The van der Waals surface area contributed by atoms with E-state index in [4.69, 9.17) is 0 Å². The minimum atomic E-state index is -0.0149. The maximum Gasteiger partial charge on any atom is 0.242 e. The normalized spacial score (nSPS) is 17.4. The first-order valence-corrected chi connectivity index (χ1v) is 5.84. The molecular weight excluding hydrogens is 216 g/mol. The molecule has 5 heteroatoms. The molecule has 0 aromatic carbocycles. The molecule has 1 aromatic heterocycles. The number of amides is 1. The van der Waals surface area contributed by atoms with E-state index in [1.165, 1.54) is 0 Å². The van der Waals surface area contributed by atoms with Crippen molar-refractivity contribution in [2.75, 3.05) is 24.5 Å². The predicted molar refractivity (Wildman–Crippen MR) is 66.0 cm³/mol. The van der Waals surface area contributed by atoms with Gasteiger partial charge in [-0.15, -0.1) is 5.10 Å². The zero-order valence-corrected chi connectivity index (χ0v) is 10.5. The zero-order valence-electron chi connectivity index (χ0n) is 10.5. The SMILES string of the molecule is CC(C)(C)c1ccc(N2CCNCC2=O)nn1. The smallest absolute Gasteiger partial charge is 0.242 e. The number of hydrogen-bond acceptors (Lipinski definition) is 4. The van der Waals surface area contributed by atoms with Crippen LogP contribution in [0.2, 0.25) is 0 Å². The van der Waals surface area contributed by atoms with Crippen LogP contribution >= 0.6 is 0 Å². The topological polar surface area (TPSA) is 58.1 Å². The number of carbonyl (C=O) groups is 1. The summed E-state index contributed by atoms with van der Waals surface area (Å²) in [5, 5.41) is 11.4. The van der Waals surface area contributed by atoms with Crippen molar-refractivity contribution in [3.05, 3.63) is 17.8 Å². The molecule has 2 rings (SSSR count). The minimum absolute atomic E-state index is 0.0149. The van der Waals surface area contributed by atoms with Crippen LogP contribution in [0.25, 0.3) is 0 Å². The summed E-state index contributed by atoms with van der Waals surface area (Å²) in [5.74, 6) is 0.693. The minimum Gasteiger partial charge on any atom is -0.307 e. The van der Waals surface area contributed by atoms with E-state index in [-0.39, 0.29) is 11.3 Å². The number of rotatable bonds is 1. The quantitative estimate of drug-likeness (QED) is 0.777. The molecule has 1 fully saturated rings. The van der Waals surface area contributed by atoms with Crippen molar-refractivity contribution < 1.29 is 4.79 Å². The van der Waals surface area contributed by atoms with Gasteiger partial charge in [-0.3, -0.25) is 9.69 Å². The average molecular weight is 234 g/mol. The van der Waals surface area contributed by atoms with Gasteiger partial charge in [-0.25, -0.2) is 0 Å². The Morgan fingerprint density at radius 1 is 1.29 bits per heavy atom. The molecule has 1 N–H and O–H groups in total. The molecule has 0 bridgehead atoms. The molecular formula is C12H18N4O. The van der Waals surface area contributed by atoms with Gasteiger partial charge >= 0.3 is 0 Å². The van der Waals surface area contributed by atoms with E-state index in [0.717, 1.165) is 12.2 Å². The lowest BCUT2D eigenvalue weighted by molar-refractivity contribution is -0.118. The highest BCUT2D eigenvalue weighted by molar-refractivity contribution is 5.94. The van der Waals surface area contributed by atoms with Crippen LogP contribution in [-0.2, 0) is 10.2 Å². The first-order valence-electron chi connectivity index (χ1n) is 5.84. The second-order valence-electron chi connectivity index (χ2n) is 5.25. The lowest BCUT2D eigenvalue weighted by Crippen LogP contribution is -2.48. The third-order valence-corrected chi connectivity index (χ3v) is 2.78. The second-order valence-corrected chi connectivity index (χ2v) is 5.25. The van der Waals surface area contributed by atoms with Gasteiger partial charge in [-0.1, -0.05) is 20.8 Å². The zero-order chi connectivity index (χ0) is 12.5. The van der Waals surface area contributed by atoms with E-state index >= 15 is 0 Å². The number of carbonyl (C=O) groups excluding carboxylic acids is 1. The summed E-state index contributed by atoms with van der Waals surface area (Å²) in [6.45, 7) is 8.10. The summed E-state index contributed by atoms with van der Waals surface area (Å²) >= 11 is 0. The van der Waals surface area contributed by atoms with Crippen molar-refractivity contribution in [1.29, 1.82) is 0 Å². The molecule has 0 radical (unpaired) electrons. The van der Waals surface area contributed by atoms with Crippen molar-refractivity contribution in [3.63, 3.8) is 0 Å². The summed E-state index contributed by atoms with van der Waals surface area (Å²) in [6, 6.07) is 3.81. The van der Waals surface area contributed by atoms with Crippen LogP contribution in [0, 0.1) is 0 Å². The fourth-order valence-corrected chi connectivity index (χ4v) is 1.72. The molecule has 2 heterocycles. The number of piperazine rings is 1. The molecule has 1 saturated heterocycles. The average Bonchev–Trinajstić information content (AvgIpc) is 2.29. The molecule has 5 nitrogen and oxygen atoms in total. The fourth-order valence-electron chi connectivity index (χ4n) is 1.72. The van der Waals surface area contributed by atoms with Crippen LogP contribution in [0.3, 0.4) is 0 Å². The van der Waals surface area contributed by atoms with Gasteiger partial charge in [-0.2, -0.15) is 5.10 Å². The van der Waals surface area contributed by atoms with Crippen molar-refractivity contribution in [1.82, 2.24) is 15.5 Å². The largest absolute Gasteiger partial charge is 0.307 e. The standard InChI is InChI=1S/C12H18N4O/c1-12(2,3)9-4-5-10(15-14-9)16-7-6-13-8-11(16)17/h4-5,13H,6-8H2,1-3H3. The summed E-state index contributed by atoms with van der Waals surface area (Å²) in [7, 11) is 0. The Kier molecular flexibility index (Phi) is 3.11. The van der Waals surface area contributed by atoms with E-state index in [2.05, 4.69) is 36.3 Å². The third-order valence-electron chi connectivity index (χ3n) is 2.78. The molecule has 0 aliphatic carbocycles. The number of nitrogens with one attached hydrogen (secondary N) is 1. The molecule has 1 aliphatic rings. The van der Waals surface area contributed by atoms with E-state index in [1.807, 2.05) is 12.1 Å². The van der Waals surface area contributed by atoms with Gasteiger partial charge in [0.05, 0.1) is 12.2 Å². The van der Waals surface area contributed by atoms with Gasteiger partial charge in [0.1, 0.15) is 0 Å². The summed E-state index contributed by atoms with van der Waals surface area (Å²) < 4.78 is 0. The predicted octanol–water partition coefficient (Wildman–Crippen LogP) is 0.710. The molecule has 0 saturated carbocycles. The Labute approximate surface area is 101 Å². The Morgan fingerprint density at radius 3 is 2.59 bits per heavy atom. The number of anilines is 1. The summed E-state index contributed by atoms with van der Waals surface area (Å²) in [4.78, 5) is 13.3. The van der Waals surface area contributed by atoms with E-state index in [0.29, 0.717) is 18.9 Å². The summed E-state index contributed by atoms with van der Waals surface area (Å²) in [5.41, 5.74) is 0.919. The van der Waals surface area contributed by atoms with Gasteiger partial charge in [-0.05, 0) is 12.1 Å². The fraction of sp³-hybridized carbons (Fsp3) is 0.583. The Hall–Kier alpha value is -1.49. The van der Waals surface area contributed by atoms with Gasteiger partial charge in [0.15, 0.2) is 5.82 Å². The van der Waals surface area contributed by atoms with E-state index in [9.17, 15) is 4.79 Å². The molecule has 17 heavy (non-hydrogen) atoms. The van der Waals surface area contributed by atoms with E-state index < -0.39 is 0 Å². The van der Waals surface area contributed by atoms with Crippen LogP contribution in [0.15, 0.2) is 12.1 Å². The van der Waals surface area contributed by atoms with Crippen LogP contribution in [0.5, 0.6) is 0 Å². The lowest BCUT2D eigenvalue weighted by atomic mass is 9.92. The van der Waals surface area contributed by atoms with Gasteiger partial charge < -0.3 is 5.32 Å². The van der Waals surface area contributed by atoms with Gasteiger partial charge in [0.25, 0.3) is 0 Å². The van der Waals surface area contributed by atoms with Crippen molar-refractivity contribution >= 4 is 11.7 Å². The van der Waals surface area contributed by atoms with Crippen LogP contribution in [0.4, 0.5) is 5.82 Å². The highest BCUT2D eigenvalue weighted by Crippen LogP contribution is 2.20. The lowest BCUT2D eigenvalue weighted by Gasteiger charge is -2.26. The number of nitrogens with zero attached hydrogens (tertiary/aromatic N) is 3. The van der Waals surface area contributed by atoms with Gasteiger partial charge in [0.2, 0.25) is 5.91 Å². The maximum atomic E-state index is 11.7. The maximum absolute atomic E-state index is 11.7. The highest BCUT2D eigenvalue weighted by atomic mass is 16.2. The molecule has 92 valence electrons. The van der Waals surface area contributed by atoms with Crippen LogP contribution in [0.1, 0.15) is 26.5 Å². The number of aromatic nitrogens is 2. The third kappa shape index (κ3) is 2.61. The number of hydrogen-bond donors (Lipinski definition) is 1. The van der Waals surface area contributed by atoms with Crippen molar-refractivity contribution in [2.45, 2.75) is 26.2 Å². The van der Waals surface area contributed by atoms with Crippen LogP contribution < -0.4 is 10.2 Å². The highest BCUT2D eigenvalue weighted by Gasteiger charge is 2.22. The molecule has 0 spiro atoms. The van der Waals surface area contributed by atoms with E-state index in [1.54, 1.807) is 4.90 Å². The molecule has 1 amide bonds. The Morgan fingerprint density at radius 2 is 2.06 bits per heavy atom. The first kappa shape index (κ1) is 12.0. The Balaban J connectivity index is 2.20. The molecule has 1 aromatic rings. The van der Waals surface area contributed by atoms with Crippen molar-refractivity contribution in [3.8, 4) is 0 Å². The van der Waals surface area contributed by atoms with Gasteiger partial charge in [0, 0.05) is 18.5 Å². The van der Waals surface area contributed by atoms with Crippen LogP contribution in [-0.4, -0.2) is 35.7 Å². The molecule has 1 aliphatic heterocycles. The van der Waals surface area contributed by atoms with Crippen molar-refractivity contribution in [2.24, 2.45) is 0 Å².